The molecule has 0 saturated carbocycles. The molecule has 2 aromatic rings. The lowest BCUT2D eigenvalue weighted by atomic mass is 10.2. The minimum atomic E-state index is -3.82. The van der Waals surface area contributed by atoms with Crippen LogP contribution in [0.3, 0.4) is 0 Å². The minimum Gasteiger partial charge on any atom is -0.288 e. The third kappa shape index (κ3) is 4.40. The zero-order valence-corrected chi connectivity index (χ0v) is 16.1. The number of hydroxylamine groups is 1. The fourth-order valence-corrected chi connectivity index (χ4v) is 3.30. The Morgan fingerprint density at radius 3 is 2.38 bits per heavy atom. The highest BCUT2D eigenvalue weighted by Crippen LogP contribution is 2.17. The van der Waals surface area contributed by atoms with E-state index in [1.807, 2.05) is 38.1 Å². The van der Waals surface area contributed by atoms with E-state index < -0.39 is 15.9 Å². The van der Waals surface area contributed by atoms with Crippen LogP contribution >= 0.6 is 0 Å². The van der Waals surface area contributed by atoms with Crippen molar-refractivity contribution in [3.05, 3.63) is 59.7 Å². The van der Waals surface area contributed by atoms with Gasteiger partial charge in [-0.2, -0.15) is 0 Å². The molecule has 1 amide bonds. The van der Waals surface area contributed by atoms with E-state index in [1.54, 1.807) is 11.1 Å². The summed E-state index contributed by atoms with van der Waals surface area (Å²) in [6, 6.07) is 13.6. The maximum Gasteiger partial charge on any atom is 0.269 e. The topological polar surface area (TPSA) is 79.0 Å². The number of benzene rings is 2. The predicted molar refractivity (Wildman–Crippen MR) is 100 cm³/mol. The molecule has 2 rings (SSSR count). The van der Waals surface area contributed by atoms with Crippen molar-refractivity contribution in [2.75, 3.05) is 25.7 Å². The second kappa shape index (κ2) is 8.31. The van der Waals surface area contributed by atoms with Gasteiger partial charge in [0.2, 0.25) is 0 Å². The Bertz CT molecular complexity index is 866. The number of anilines is 1. The number of carbonyl (C=O) groups excluding carboxylic acids is 1. The van der Waals surface area contributed by atoms with Gasteiger partial charge in [0, 0.05) is 19.2 Å². The molecular formula is C18H23N3O4S. The van der Waals surface area contributed by atoms with Gasteiger partial charge in [-0.1, -0.05) is 28.2 Å². The molecule has 140 valence electrons. The number of hydrogen-bond acceptors (Lipinski definition) is 5. The average molecular weight is 377 g/mol. The number of nitrogens with zero attached hydrogens (tertiary/aromatic N) is 2. The van der Waals surface area contributed by atoms with Crippen molar-refractivity contribution in [2.45, 2.75) is 18.7 Å². The number of rotatable bonds is 7. The van der Waals surface area contributed by atoms with Crippen molar-refractivity contribution in [3.8, 4) is 0 Å². The van der Waals surface area contributed by atoms with E-state index in [1.165, 1.54) is 32.4 Å². The van der Waals surface area contributed by atoms with Crippen molar-refractivity contribution < 1.29 is 18.0 Å². The molecule has 7 nitrogen and oxygen atoms in total. The van der Waals surface area contributed by atoms with Crippen molar-refractivity contribution >= 4 is 21.6 Å². The molecular weight excluding hydrogens is 354 g/mol. The highest BCUT2D eigenvalue weighted by molar-refractivity contribution is 7.89. The number of nitrogens with one attached hydrogen (secondary N) is 1. The smallest absolute Gasteiger partial charge is 0.269 e. The van der Waals surface area contributed by atoms with Gasteiger partial charge in [0.25, 0.3) is 15.9 Å². The van der Waals surface area contributed by atoms with Gasteiger partial charge >= 0.3 is 0 Å². The maximum absolute atomic E-state index is 12.6. The lowest BCUT2D eigenvalue weighted by molar-refractivity contribution is -0.0258. The van der Waals surface area contributed by atoms with Crippen LogP contribution in [0.5, 0.6) is 0 Å². The third-order valence-corrected chi connectivity index (χ3v) is 5.56. The fraction of sp³-hybridized carbons (Fsp3) is 0.278. The normalized spacial score (nSPS) is 11.4. The van der Waals surface area contributed by atoms with Gasteiger partial charge < -0.3 is 0 Å². The average Bonchev–Trinajstić information content (AvgIpc) is 2.66. The van der Waals surface area contributed by atoms with Gasteiger partial charge in [-0.05, 0) is 44.2 Å². The standard InChI is InChI=1S/C18H23N3O4S/c1-5-21(16-11-9-14(2)10-12-16)19-18(22)15-7-6-8-17(13-15)26(23,24)20(3)25-4/h6-13H,5H2,1-4H3,(H,19,22). The molecule has 0 spiro atoms. The maximum atomic E-state index is 12.6. The van der Waals surface area contributed by atoms with E-state index in [0.29, 0.717) is 6.54 Å². The lowest BCUT2D eigenvalue weighted by Crippen LogP contribution is -2.42. The number of aryl methyl sites for hydroxylation is 1. The summed E-state index contributed by atoms with van der Waals surface area (Å²) in [5.41, 5.74) is 5.00. The van der Waals surface area contributed by atoms with Crippen molar-refractivity contribution in [1.29, 1.82) is 0 Å². The van der Waals surface area contributed by atoms with Crippen LogP contribution in [0.2, 0.25) is 0 Å². The molecule has 2 aromatic carbocycles. The number of carbonyl (C=O) groups is 1. The summed E-state index contributed by atoms with van der Waals surface area (Å²) in [5, 5.41) is 1.70. The molecule has 0 aliphatic carbocycles. The molecule has 0 aromatic heterocycles. The summed E-state index contributed by atoms with van der Waals surface area (Å²) in [4.78, 5) is 17.3. The molecule has 0 saturated heterocycles. The molecule has 0 bridgehead atoms. The SMILES string of the molecule is CCN(NC(=O)c1cccc(S(=O)(=O)N(C)OC)c1)c1ccc(C)cc1. The van der Waals surface area contributed by atoms with Crippen LogP contribution in [0.4, 0.5) is 5.69 Å². The Labute approximate surface area is 154 Å². The van der Waals surface area contributed by atoms with Gasteiger partial charge in [-0.3, -0.25) is 20.1 Å². The fourth-order valence-electron chi connectivity index (χ4n) is 2.28. The first kappa shape index (κ1) is 19.9. The first-order chi connectivity index (χ1) is 12.3. The highest BCUT2D eigenvalue weighted by Gasteiger charge is 2.22. The first-order valence-electron chi connectivity index (χ1n) is 8.08. The zero-order valence-electron chi connectivity index (χ0n) is 15.3. The van der Waals surface area contributed by atoms with Crippen molar-refractivity contribution in [3.63, 3.8) is 0 Å². The summed E-state index contributed by atoms with van der Waals surface area (Å²) < 4.78 is 25.4. The van der Waals surface area contributed by atoms with Crippen LogP contribution in [-0.4, -0.2) is 39.5 Å². The van der Waals surface area contributed by atoms with Crippen LogP contribution in [-0.2, 0) is 14.9 Å². The molecule has 0 atom stereocenters. The van der Waals surface area contributed by atoms with Crippen LogP contribution < -0.4 is 10.4 Å². The Morgan fingerprint density at radius 2 is 1.81 bits per heavy atom. The van der Waals surface area contributed by atoms with Crippen LogP contribution in [0.25, 0.3) is 0 Å². The summed E-state index contributed by atoms with van der Waals surface area (Å²) in [7, 11) is -1.27. The molecule has 26 heavy (non-hydrogen) atoms. The van der Waals surface area contributed by atoms with E-state index in [4.69, 9.17) is 4.84 Å². The molecule has 0 heterocycles. The first-order valence-corrected chi connectivity index (χ1v) is 9.52. The number of hydrazine groups is 1. The second-order valence-corrected chi connectivity index (χ2v) is 7.58. The van der Waals surface area contributed by atoms with E-state index in [2.05, 4.69) is 5.43 Å². The van der Waals surface area contributed by atoms with Gasteiger partial charge in [0.05, 0.1) is 17.7 Å². The third-order valence-electron chi connectivity index (χ3n) is 3.89. The largest absolute Gasteiger partial charge is 0.288 e. The minimum absolute atomic E-state index is 0.0205. The quantitative estimate of drug-likeness (QED) is 0.750. The van der Waals surface area contributed by atoms with E-state index >= 15 is 0 Å². The van der Waals surface area contributed by atoms with Gasteiger partial charge in [0.1, 0.15) is 0 Å². The van der Waals surface area contributed by atoms with Crippen molar-refractivity contribution in [1.82, 2.24) is 9.89 Å². The highest BCUT2D eigenvalue weighted by atomic mass is 32.2. The molecule has 0 aliphatic rings. The second-order valence-electron chi connectivity index (χ2n) is 5.65. The molecule has 0 radical (unpaired) electrons. The molecule has 8 heteroatoms. The van der Waals surface area contributed by atoms with Crippen molar-refractivity contribution in [2.24, 2.45) is 0 Å². The zero-order chi connectivity index (χ0) is 19.3. The Kier molecular flexibility index (Phi) is 6.36. The molecule has 0 unspecified atom stereocenters. The van der Waals surface area contributed by atoms with E-state index in [9.17, 15) is 13.2 Å². The van der Waals surface area contributed by atoms with Crippen LogP contribution in [0.1, 0.15) is 22.8 Å². The Balaban J connectivity index is 2.24. The summed E-state index contributed by atoms with van der Waals surface area (Å²) >= 11 is 0. The lowest BCUT2D eigenvalue weighted by Gasteiger charge is -2.24. The predicted octanol–water partition coefficient (Wildman–Crippen LogP) is 2.35. The monoisotopic (exact) mass is 377 g/mol. The van der Waals surface area contributed by atoms with Gasteiger partial charge in [-0.25, -0.2) is 8.42 Å². The Hall–Kier alpha value is -2.42. The van der Waals surface area contributed by atoms with Crippen LogP contribution in [0.15, 0.2) is 53.4 Å². The molecule has 0 fully saturated rings. The number of amides is 1. The summed E-state index contributed by atoms with van der Waals surface area (Å²) in [5.74, 6) is -0.399. The number of hydrogen-bond donors (Lipinski definition) is 1. The molecule has 0 aliphatic heterocycles. The van der Waals surface area contributed by atoms with Gasteiger partial charge in [-0.15, -0.1) is 0 Å². The number of sulfonamides is 1. The van der Waals surface area contributed by atoms with E-state index in [-0.39, 0.29) is 10.5 Å². The summed E-state index contributed by atoms with van der Waals surface area (Å²) in [6.45, 7) is 4.45. The van der Waals surface area contributed by atoms with Gasteiger partial charge in [0.15, 0.2) is 0 Å². The summed E-state index contributed by atoms with van der Waals surface area (Å²) in [6.07, 6.45) is 0. The van der Waals surface area contributed by atoms with E-state index in [0.717, 1.165) is 15.7 Å². The molecule has 1 N–H and O–H groups in total. The van der Waals surface area contributed by atoms with Crippen LogP contribution in [0, 0.1) is 6.92 Å². The Morgan fingerprint density at radius 1 is 1.15 bits per heavy atom.